The monoisotopic (exact) mass is 214 g/mol. The molecule has 1 saturated carbocycles. The molecule has 1 fully saturated rings. The minimum Gasteiger partial charge on any atom is -0.391 e. The Balaban J connectivity index is 2.10. The predicted octanol–water partition coefficient (Wildman–Crippen LogP) is 0.119. The largest absolute Gasteiger partial charge is 0.391 e. The normalized spacial score (nSPS) is 19.7. The molecule has 1 amide bonds. The molecule has 0 aromatic carbocycles. The van der Waals surface area contributed by atoms with E-state index in [9.17, 15) is 9.90 Å². The number of rotatable bonds is 7. The molecule has 0 aliphatic heterocycles. The number of hydrogen-bond donors (Lipinski definition) is 3. The summed E-state index contributed by atoms with van der Waals surface area (Å²) in [4.78, 5) is 11.5. The highest BCUT2D eigenvalue weighted by atomic mass is 16.3. The molecule has 0 saturated heterocycles. The molecular weight excluding hydrogens is 192 g/mol. The molecule has 4 nitrogen and oxygen atoms in total. The van der Waals surface area contributed by atoms with Gasteiger partial charge in [0.05, 0.1) is 6.10 Å². The molecule has 0 aromatic heterocycles. The van der Waals surface area contributed by atoms with Crippen molar-refractivity contribution in [1.29, 1.82) is 0 Å². The molecule has 1 rings (SSSR count). The van der Waals surface area contributed by atoms with Crippen molar-refractivity contribution < 1.29 is 9.90 Å². The van der Waals surface area contributed by atoms with Crippen LogP contribution in [0.3, 0.4) is 0 Å². The lowest BCUT2D eigenvalue weighted by molar-refractivity contribution is -0.124. The zero-order chi connectivity index (χ0) is 11.3. The lowest BCUT2D eigenvalue weighted by Crippen LogP contribution is -2.39. The Kier molecular flexibility index (Phi) is 5.05. The van der Waals surface area contributed by atoms with Gasteiger partial charge in [0.25, 0.3) is 0 Å². The van der Waals surface area contributed by atoms with Gasteiger partial charge in [-0.15, -0.1) is 0 Å². The minimum absolute atomic E-state index is 0.0238. The summed E-state index contributed by atoms with van der Waals surface area (Å²) in [6, 6.07) is 0. The summed E-state index contributed by atoms with van der Waals surface area (Å²) in [5.41, 5.74) is 0. The van der Waals surface area contributed by atoms with Gasteiger partial charge in [0.1, 0.15) is 0 Å². The molecular formula is C11H22N2O2. The highest BCUT2D eigenvalue weighted by Gasteiger charge is 2.29. The van der Waals surface area contributed by atoms with Crippen molar-refractivity contribution in [3.05, 3.63) is 0 Å². The Morgan fingerprint density at radius 3 is 2.67 bits per heavy atom. The number of amides is 1. The fraction of sp³-hybridized carbons (Fsp3) is 0.909. The lowest BCUT2D eigenvalue weighted by Gasteiger charge is -2.14. The molecule has 0 heterocycles. The van der Waals surface area contributed by atoms with E-state index < -0.39 is 0 Å². The van der Waals surface area contributed by atoms with E-state index in [1.807, 2.05) is 13.8 Å². The number of carbonyl (C=O) groups excluding carboxylic acids is 1. The fourth-order valence-corrected chi connectivity index (χ4v) is 1.48. The first-order chi connectivity index (χ1) is 7.15. The van der Waals surface area contributed by atoms with Crippen LogP contribution in [-0.4, -0.2) is 36.8 Å². The van der Waals surface area contributed by atoms with Gasteiger partial charge in [-0.3, -0.25) is 4.79 Å². The molecule has 15 heavy (non-hydrogen) atoms. The summed E-state index contributed by atoms with van der Waals surface area (Å²) >= 11 is 0. The second kappa shape index (κ2) is 6.08. The van der Waals surface area contributed by atoms with Crippen LogP contribution in [0.25, 0.3) is 0 Å². The third-order valence-electron chi connectivity index (χ3n) is 2.80. The second-order valence-corrected chi connectivity index (χ2v) is 4.36. The molecule has 0 bridgehead atoms. The van der Waals surface area contributed by atoms with Crippen LogP contribution in [-0.2, 0) is 4.79 Å². The summed E-state index contributed by atoms with van der Waals surface area (Å²) in [6.45, 7) is 5.88. The molecule has 1 aliphatic carbocycles. The van der Waals surface area contributed by atoms with Crippen LogP contribution in [0, 0.1) is 11.8 Å². The molecule has 2 unspecified atom stereocenters. The average molecular weight is 214 g/mol. The topological polar surface area (TPSA) is 61.4 Å². The highest BCUT2D eigenvalue weighted by Crippen LogP contribution is 2.32. The summed E-state index contributed by atoms with van der Waals surface area (Å²) in [5.74, 6) is 0.418. The third kappa shape index (κ3) is 4.62. The fourth-order valence-electron chi connectivity index (χ4n) is 1.48. The van der Waals surface area contributed by atoms with Gasteiger partial charge in [0, 0.05) is 19.0 Å². The van der Waals surface area contributed by atoms with Gasteiger partial charge in [-0.1, -0.05) is 13.8 Å². The Labute approximate surface area is 91.4 Å². The van der Waals surface area contributed by atoms with Crippen molar-refractivity contribution >= 4 is 5.91 Å². The lowest BCUT2D eigenvalue weighted by atomic mass is 10.1. The first-order valence-corrected chi connectivity index (χ1v) is 5.81. The van der Waals surface area contributed by atoms with Gasteiger partial charge in [-0.05, 0) is 25.3 Å². The van der Waals surface area contributed by atoms with Gasteiger partial charge in [0.15, 0.2) is 0 Å². The number of carbonyl (C=O) groups is 1. The van der Waals surface area contributed by atoms with Crippen LogP contribution in [0.15, 0.2) is 0 Å². The minimum atomic E-state index is -0.347. The second-order valence-electron chi connectivity index (χ2n) is 4.36. The Morgan fingerprint density at radius 2 is 2.13 bits per heavy atom. The van der Waals surface area contributed by atoms with E-state index in [4.69, 9.17) is 0 Å². The van der Waals surface area contributed by atoms with Gasteiger partial charge >= 0.3 is 0 Å². The quantitative estimate of drug-likeness (QED) is 0.564. The Hall–Kier alpha value is -0.610. The molecule has 0 radical (unpaired) electrons. The van der Waals surface area contributed by atoms with E-state index >= 15 is 0 Å². The predicted molar refractivity (Wildman–Crippen MR) is 59.4 cm³/mol. The SMILES string of the molecule is CCNCC(C)C(=O)NCC(O)C1CC1. The summed E-state index contributed by atoms with van der Waals surface area (Å²) in [5, 5.41) is 15.5. The van der Waals surface area contributed by atoms with Crippen molar-refractivity contribution in [2.45, 2.75) is 32.8 Å². The number of aliphatic hydroxyl groups excluding tert-OH is 1. The van der Waals surface area contributed by atoms with Crippen molar-refractivity contribution in [3.8, 4) is 0 Å². The summed E-state index contributed by atoms with van der Waals surface area (Å²) in [7, 11) is 0. The molecule has 0 spiro atoms. The third-order valence-corrected chi connectivity index (χ3v) is 2.80. The van der Waals surface area contributed by atoms with Crippen LogP contribution in [0.5, 0.6) is 0 Å². The number of nitrogens with one attached hydrogen (secondary N) is 2. The maximum Gasteiger partial charge on any atom is 0.224 e. The average Bonchev–Trinajstić information content (AvgIpc) is 3.05. The van der Waals surface area contributed by atoms with E-state index in [2.05, 4.69) is 10.6 Å². The van der Waals surface area contributed by atoms with E-state index in [0.29, 0.717) is 19.0 Å². The molecule has 3 N–H and O–H groups in total. The zero-order valence-electron chi connectivity index (χ0n) is 9.62. The van der Waals surface area contributed by atoms with Crippen molar-refractivity contribution in [3.63, 3.8) is 0 Å². The van der Waals surface area contributed by atoms with Gasteiger partial charge in [-0.25, -0.2) is 0 Å². The molecule has 88 valence electrons. The van der Waals surface area contributed by atoms with Crippen LogP contribution in [0.1, 0.15) is 26.7 Å². The van der Waals surface area contributed by atoms with E-state index in [0.717, 1.165) is 19.4 Å². The van der Waals surface area contributed by atoms with Crippen molar-refractivity contribution in [2.24, 2.45) is 11.8 Å². The zero-order valence-corrected chi connectivity index (χ0v) is 9.62. The highest BCUT2D eigenvalue weighted by molar-refractivity contribution is 5.78. The maximum atomic E-state index is 11.5. The summed E-state index contributed by atoms with van der Waals surface area (Å²) in [6.07, 6.45) is 1.86. The van der Waals surface area contributed by atoms with E-state index in [-0.39, 0.29) is 17.9 Å². The number of hydrogen-bond acceptors (Lipinski definition) is 3. The molecule has 0 aromatic rings. The van der Waals surface area contributed by atoms with Crippen LogP contribution in [0.2, 0.25) is 0 Å². The Morgan fingerprint density at radius 1 is 1.47 bits per heavy atom. The van der Waals surface area contributed by atoms with E-state index in [1.54, 1.807) is 0 Å². The molecule has 4 heteroatoms. The first kappa shape index (κ1) is 12.5. The number of aliphatic hydroxyl groups is 1. The van der Waals surface area contributed by atoms with Crippen molar-refractivity contribution in [2.75, 3.05) is 19.6 Å². The standard InChI is InChI=1S/C11H22N2O2/c1-3-12-6-8(2)11(15)13-7-10(14)9-4-5-9/h8-10,12,14H,3-7H2,1-2H3,(H,13,15). The Bertz CT molecular complexity index is 205. The van der Waals surface area contributed by atoms with E-state index in [1.165, 1.54) is 0 Å². The molecule has 1 aliphatic rings. The van der Waals surface area contributed by atoms with Gasteiger partial charge in [-0.2, -0.15) is 0 Å². The van der Waals surface area contributed by atoms with Crippen LogP contribution in [0.4, 0.5) is 0 Å². The maximum absolute atomic E-state index is 11.5. The first-order valence-electron chi connectivity index (χ1n) is 5.81. The van der Waals surface area contributed by atoms with Gasteiger partial charge < -0.3 is 15.7 Å². The molecule has 2 atom stereocenters. The van der Waals surface area contributed by atoms with Crippen LogP contribution >= 0.6 is 0 Å². The van der Waals surface area contributed by atoms with Gasteiger partial charge in [0.2, 0.25) is 5.91 Å². The van der Waals surface area contributed by atoms with Crippen molar-refractivity contribution in [1.82, 2.24) is 10.6 Å². The smallest absolute Gasteiger partial charge is 0.224 e. The summed E-state index contributed by atoms with van der Waals surface area (Å²) < 4.78 is 0. The van der Waals surface area contributed by atoms with Crippen LogP contribution < -0.4 is 10.6 Å².